The van der Waals surface area contributed by atoms with Crippen molar-refractivity contribution in [2.45, 2.75) is 0 Å². The zero-order valence-corrected chi connectivity index (χ0v) is 12.8. The Labute approximate surface area is 131 Å². The van der Waals surface area contributed by atoms with E-state index in [0.29, 0.717) is 0 Å². The molecule has 0 spiro atoms. The summed E-state index contributed by atoms with van der Waals surface area (Å²) >= 11 is -2.61. The third-order valence-corrected chi connectivity index (χ3v) is 1.84. The number of hydrogen-bond donors (Lipinski definition) is 3. The van der Waals surface area contributed by atoms with Crippen molar-refractivity contribution < 1.29 is 13.3 Å². The Kier molecular flexibility index (Phi) is 9.86. The normalized spacial score (nSPS) is 8.83. The fourth-order valence-electron chi connectivity index (χ4n) is 1.21. The number of nitrogens with one attached hydrogen (secondary N) is 1. The fraction of sp³-hybridized carbons (Fsp3) is 0. The predicted molar refractivity (Wildman–Crippen MR) is 75.3 cm³/mol. The molecule has 0 fully saturated rings. The maximum atomic E-state index is 8.67. The maximum absolute atomic E-state index is 8.67. The first kappa shape index (κ1) is 17.3. The van der Waals surface area contributed by atoms with Crippen molar-refractivity contribution in [1.82, 2.24) is 0 Å². The summed E-state index contributed by atoms with van der Waals surface area (Å²) in [6.07, 6.45) is 0. The number of rotatable bonds is 2. The molecule has 0 bridgehead atoms. The van der Waals surface area contributed by atoms with Gasteiger partial charge in [-0.3, -0.25) is 9.11 Å². The van der Waals surface area contributed by atoms with E-state index < -0.39 is 11.4 Å². The molecule has 0 unspecified atom stereocenters. The van der Waals surface area contributed by atoms with Crippen LogP contribution < -0.4 is 5.32 Å². The van der Waals surface area contributed by atoms with Gasteiger partial charge < -0.3 is 5.32 Å². The molecule has 0 saturated heterocycles. The topological polar surface area (TPSA) is 69.6 Å². The van der Waals surface area contributed by atoms with Gasteiger partial charge in [0.1, 0.15) is 0 Å². The second kappa shape index (κ2) is 10.3. The molecule has 0 aromatic heterocycles. The van der Waals surface area contributed by atoms with Gasteiger partial charge in [-0.2, -0.15) is 4.21 Å². The summed E-state index contributed by atoms with van der Waals surface area (Å²) < 4.78 is 22.8. The molecule has 91 valence electrons. The van der Waals surface area contributed by atoms with Crippen molar-refractivity contribution in [2.75, 3.05) is 5.32 Å². The molecule has 6 heteroatoms. The molecule has 0 aliphatic heterocycles. The van der Waals surface area contributed by atoms with Gasteiger partial charge in [-0.15, -0.1) is 0 Å². The van der Waals surface area contributed by atoms with Crippen LogP contribution in [-0.4, -0.2) is 42.9 Å². The molecule has 0 heterocycles. The molecule has 2 rings (SSSR count). The first-order chi connectivity index (χ1) is 8.18. The first-order valence-corrected chi connectivity index (χ1v) is 5.92. The number of para-hydroxylation sites is 2. The predicted octanol–water partition coefficient (Wildman–Crippen LogP) is 2.73. The molecule has 4 nitrogen and oxygen atoms in total. The van der Waals surface area contributed by atoms with Gasteiger partial charge in [0.15, 0.2) is 0 Å². The van der Waals surface area contributed by atoms with Crippen LogP contribution in [0.1, 0.15) is 0 Å². The zero-order chi connectivity index (χ0) is 12.5. The van der Waals surface area contributed by atoms with Crippen LogP contribution in [0.15, 0.2) is 60.7 Å². The average molecular weight is 274 g/mol. The van der Waals surface area contributed by atoms with Gasteiger partial charge in [0, 0.05) is 40.9 Å². The number of hydrogen-bond acceptors (Lipinski definition) is 2. The Morgan fingerprint density at radius 2 is 1.06 bits per heavy atom. The van der Waals surface area contributed by atoms with Gasteiger partial charge >= 0.3 is 0 Å². The van der Waals surface area contributed by atoms with Gasteiger partial charge in [0.2, 0.25) is 0 Å². The van der Waals surface area contributed by atoms with E-state index in [1.807, 2.05) is 60.7 Å². The fourth-order valence-corrected chi connectivity index (χ4v) is 1.21. The van der Waals surface area contributed by atoms with Gasteiger partial charge in [0.25, 0.3) is 11.4 Å². The molecule has 3 N–H and O–H groups in total. The van der Waals surface area contributed by atoms with Gasteiger partial charge in [0.05, 0.1) is 0 Å². The van der Waals surface area contributed by atoms with E-state index in [4.69, 9.17) is 13.3 Å². The van der Waals surface area contributed by atoms with Crippen LogP contribution in [0.4, 0.5) is 11.4 Å². The third kappa shape index (κ3) is 8.41. The van der Waals surface area contributed by atoms with Crippen LogP contribution in [-0.2, 0) is 11.4 Å². The van der Waals surface area contributed by atoms with E-state index >= 15 is 0 Å². The summed E-state index contributed by atoms with van der Waals surface area (Å²) in [6.45, 7) is 0. The number of anilines is 2. The first-order valence-electron chi connectivity index (χ1n) is 4.85. The Bertz CT molecular complexity index is 412. The molecule has 2 aromatic rings. The quantitative estimate of drug-likeness (QED) is 0.582. The molecular formula is C12H13NNaO3S. The van der Waals surface area contributed by atoms with Crippen molar-refractivity contribution in [3.8, 4) is 0 Å². The van der Waals surface area contributed by atoms with E-state index in [2.05, 4.69) is 5.32 Å². The molecule has 0 aliphatic carbocycles. The van der Waals surface area contributed by atoms with Crippen LogP contribution >= 0.6 is 0 Å². The Hall–Kier alpha value is -0.690. The summed E-state index contributed by atoms with van der Waals surface area (Å²) in [7, 11) is 0. The third-order valence-electron chi connectivity index (χ3n) is 1.84. The summed E-state index contributed by atoms with van der Waals surface area (Å²) in [6, 6.07) is 20.3. The molecule has 0 aliphatic rings. The van der Waals surface area contributed by atoms with Gasteiger partial charge in [-0.05, 0) is 24.3 Å². The molecular weight excluding hydrogens is 261 g/mol. The van der Waals surface area contributed by atoms with Crippen molar-refractivity contribution in [3.63, 3.8) is 0 Å². The van der Waals surface area contributed by atoms with Crippen molar-refractivity contribution >= 4 is 52.3 Å². The second-order valence-corrected chi connectivity index (χ2v) is 3.55. The summed E-state index contributed by atoms with van der Waals surface area (Å²) in [5.41, 5.74) is 2.24. The Morgan fingerprint density at radius 1 is 0.778 bits per heavy atom. The Balaban J connectivity index is 0.000000512. The monoisotopic (exact) mass is 274 g/mol. The molecule has 0 atom stereocenters. The molecule has 1 radical (unpaired) electrons. The number of benzene rings is 2. The van der Waals surface area contributed by atoms with Crippen LogP contribution in [0.3, 0.4) is 0 Å². The molecule has 2 aromatic carbocycles. The smallest absolute Gasteiger partial charge is 0.299 e. The average Bonchev–Trinajstić information content (AvgIpc) is 2.31. The standard InChI is InChI=1S/C12H11N.Na.H2O3S/c1-3-7-11(8-4-1)13-12-9-5-2-6-10-12;;1-4(2)3/h1-10,13H;;(H2,1,2,3). The maximum Gasteiger partial charge on any atom is 0.299 e. The summed E-state index contributed by atoms with van der Waals surface area (Å²) in [4.78, 5) is 0. The molecule has 0 saturated carbocycles. The Morgan fingerprint density at radius 3 is 1.33 bits per heavy atom. The van der Waals surface area contributed by atoms with Crippen LogP contribution in [0.2, 0.25) is 0 Å². The minimum Gasteiger partial charge on any atom is -0.356 e. The van der Waals surface area contributed by atoms with E-state index in [-0.39, 0.29) is 29.6 Å². The summed E-state index contributed by atoms with van der Waals surface area (Å²) in [5, 5.41) is 3.30. The minimum atomic E-state index is -2.61. The van der Waals surface area contributed by atoms with Crippen LogP contribution in [0, 0.1) is 0 Å². The SMILES string of the molecule is O=S(O)O.[Na].c1ccc(Nc2ccccc2)cc1. The van der Waals surface area contributed by atoms with Crippen molar-refractivity contribution in [2.24, 2.45) is 0 Å². The largest absolute Gasteiger partial charge is 0.356 e. The minimum absolute atomic E-state index is 0. The van der Waals surface area contributed by atoms with Crippen molar-refractivity contribution in [1.29, 1.82) is 0 Å². The van der Waals surface area contributed by atoms with Crippen LogP contribution in [0.5, 0.6) is 0 Å². The van der Waals surface area contributed by atoms with Crippen molar-refractivity contribution in [3.05, 3.63) is 60.7 Å². The zero-order valence-electron chi connectivity index (χ0n) is 9.98. The second-order valence-electron chi connectivity index (χ2n) is 3.09. The van der Waals surface area contributed by atoms with E-state index in [1.54, 1.807) is 0 Å². The summed E-state index contributed by atoms with van der Waals surface area (Å²) in [5.74, 6) is 0. The van der Waals surface area contributed by atoms with E-state index in [0.717, 1.165) is 11.4 Å². The molecule has 18 heavy (non-hydrogen) atoms. The van der Waals surface area contributed by atoms with E-state index in [1.165, 1.54) is 0 Å². The van der Waals surface area contributed by atoms with E-state index in [9.17, 15) is 0 Å². The van der Waals surface area contributed by atoms with Gasteiger partial charge in [-0.25, -0.2) is 0 Å². The van der Waals surface area contributed by atoms with Gasteiger partial charge in [-0.1, -0.05) is 36.4 Å². The van der Waals surface area contributed by atoms with Crippen LogP contribution in [0.25, 0.3) is 0 Å². The molecule has 0 amide bonds.